The molecule has 0 bridgehead atoms. The van der Waals surface area contributed by atoms with E-state index >= 15 is 0 Å². The van der Waals surface area contributed by atoms with Gasteiger partial charge in [0.25, 0.3) is 0 Å². The minimum absolute atomic E-state index is 0.420. The van der Waals surface area contributed by atoms with E-state index in [4.69, 9.17) is 10.00 Å². The number of methoxy groups -OCH3 is 1. The van der Waals surface area contributed by atoms with Crippen LogP contribution in [0, 0.1) is 11.3 Å². The Hall–Kier alpha value is -1.45. The van der Waals surface area contributed by atoms with Crippen LogP contribution >= 0.6 is 0 Å². The molecule has 20 heavy (non-hydrogen) atoms. The van der Waals surface area contributed by atoms with Gasteiger partial charge in [-0.25, -0.2) is 0 Å². The van der Waals surface area contributed by atoms with E-state index in [2.05, 4.69) is 11.4 Å². The van der Waals surface area contributed by atoms with E-state index in [0.29, 0.717) is 31.8 Å². The molecule has 0 aromatic heterocycles. The summed E-state index contributed by atoms with van der Waals surface area (Å²) in [7, 11) is 3.61. The lowest BCUT2D eigenvalue weighted by molar-refractivity contribution is 0.117. The quantitative estimate of drug-likeness (QED) is 0.647. The first kappa shape index (κ1) is 16.6. The van der Waals surface area contributed by atoms with Crippen molar-refractivity contribution < 1.29 is 9.84 Å². The predicted molar refractivity (Wildman–Crippen MR) is 78.2 cm³/mol. The van der Waals surface area contributed by atoms with E-state index in [-0.39, 0.29) is 0 Å². The molecule has 0 aliphatic heterocycles. The number of nitrogens with zero attached hydrogens (tertiary/aromatic N) is 2. The Bertz CT molecular complexity index is 431. The van der Waals surface area contributed by atoms with Crippen LogP contribution in [0.3, 0.4) is 0 Å². The van der Waals surface area contributed by atoms with Gasteiger partial charge in [0, 0.05) is 33.3 Å². The molecule has 0 amide bonds. The van der Waals surface area contributed by atoms with Crippen molar-refractivity contribution >= 4 is 0 Å². The lowest BCUT2D eigenvalue weighted by atomic mass is 10.1. The average molecular weight is 277 g/mol. The molecular formula is C15H23N3O2. The standard InChI is InChI=1S/C15H23N3O2/c1-18(12-15(19)10-17-6-7-20-2)11-14-5-3-4-13(8-14)9-16/h3-5,8,15,17,19H,6-7,10-12H2,1-2H3. The molecule has 1 atom stereocenters. The van der Waals surface area contributed by atoms with Gasteiger partial charge >= 0.3 is 0 Å². The van der Waals surface area contributed by atoms with Gasteiger partial charge in [0.05, 0.1) is 24.3 Å². The third-order valence-electron chi connectivity index (χ3n) is 2.89. The Kier molecular flexibility index (Phi) is 7.85. The summed E-state index contributed by atoms with van der Waals surface area (Å²) in [6.45, 7) is 3.22. The highest BCUT2D eigenvalue weighted by Crippen LogP contribution is 2.07. The van der Waals surface area contributed by atoms with Crippen molar-refractivity contribution in [1.29, 1.82) is 5.26 Å². The summed E-state index contributed by atoms with van der Waals surface area (Å²) < 4.78 is 4.92. The average Bonchev–Trinajstić information content (AvgIpc) is 2.43. The Morgan fingerprint density at radius 1 is 1.50 bits per heavy atom. The van der Waals surface area contributed by atoms with Gasteiger partial charge in [-0.15, -0.1) is 0 Å². The molecule has 1 unspecified atom stereocenters. The number of nitriles is 1. The largest absolute Gasteiger partial charge is 0.390 e. The van der Waals surface area contributed by atoms with Crippen LogP contribution in [-0.2, 0) is 11.3 Å². The van der Waals surface area contributed by atoms with E-state index in [9.17, 15) is 5.11 Å². The summed E-state index contributed by atoms with van der Waals surface area (Å²) in [4.78, 5) is 2.04. The topological polar surface area (TPSA) is 68.5 Å². The summed E-state index contributed by atoms with van der Waals surface area (Å²) in [5.74, 6) is 0. The van der Waals surface area contributed by atoms with Crippen LogP contribution < -0.4 is 5.32 Å². The normalized spacial score (nSPS) is 12.3. The van der Waals surface area contributed by atoms with Crippen LogP contribution in [0.2, 0.25) is 0 Å². The van der Waals surface area contributed by atoms with Crippen LogP contribution in [0.4, 0.5) is 0 Å². The predicted octanol–water partition coefficient (Wildman–Crippen LogP) is 0.587. The van der Waals surface area contributed by atoms with E-state index < -0.39 is 6.10 Å². The van der Waals surface area contributed by atoms with Gasteiger partial charge < -0.3 is 15.2 Å². The first-order valence-corrected chi connectivity index (χ1v) is 6.71. The lowest BCUT2D eigenvalue weighted by Gasteiger charge is -2.21. The molecule has 0 saturated carbocycles. The number of hydrogen-bond acceptors (Lipinski definition) is 5. The van der Waals surface area contributed by atoms with Crippen LogP contribution in [0.5, 0.6) is 0 Å². The van der Waals surface area contributed by atoms with Gasteiger partial charge in [-0.2, -0.15) is 5.26 Å². The fourth-order valence-corrected chi connectivity index (χ4v) is 1.98. The smallest absolute Gasteiger partial charge is 0.0991 e. The van der Waals surface area contributed by atoms with Crippen molar-refractivity contribution in [2.75, 3.05) is 40.4 Å². The Morgan fingerprint density at radius 2 is 2.30 bits per heavy atom. The maximum Gasteiger partial charge on any atom is 0.0991 e. The Balaban J connectivity index is 2.31. The van der Waals surface area contributed by atoms with Crippen molar-refractivity contribution in [2.24, 2.45) is 0 Å². The molecule has 1 aromatic rings. The van der Waals surface area contributed by atoms with E-state index in [1.807, 2.05) is 30.1 Å². The molecule has 1 aromatic carbocycles. The van der Waals surface area contributed by atoms with Crippen LogP contribution in [0.25, 0.3) is 0 Å². The summed E-state index contributed by atoms with van der Waals surface area (Å²) >= 11 is 0. The van der Waals surface area contributed by atoms with Gasteiger partial charge in [0.15, 0.2) is 0 Å². The monoisotopic (exact) mass is 277 g/mol. The number of benzene rings is 1. The summed E-state index contributed by atoms with van der Waals surface area (Å²) in [5.41, 5.74) is 1.74. The van der Waals surface area contributed by atoms with E-state index in [1.54, 1.807) is 13.2 Å². The molecule has 0 heterocycles. The summed E-state index contributed by atoms with van der Waals surface area (Å²) in [5, 5.41) is 21.9. The molecule has 5 nitrogen and oxygen atoms in total. The molecule has 5 heteroatoms. The maximum absolute atomic E-state index is 9.90. The van der Waals surface area contributed by atoms with Gasteiger partial charge in [-0.3, -0.25) is 4.90 Å². The molecule has 0 aliphatic carbocycles. The number of aliphatic hydroxyl groups is 1. The summed E-state index contributed by atoms with van der Waals surface area (Å²) in [6, 6.07) is 9.66. The van der Waals surface area contributed by atoms with Gasteiger partial charge in [0.2, 0.25) is 0 Å². The zero-order valence-corrected chi connectivity index (χ0v) is 12.2. The van der Waals surface area contributed by atoms with Crippen molar-refractivity contribution in [3.8, 4) is 6.07 Å². The van der Waals surface area contributed by atoms with E-state index in [1.165, 1.54) is 0 Å². The molecule has 0 aliphatic rings. The van der Waals surface area contributed by atoms with Crippen LogP contribution in [-0.4, -0.2) is 56.5 Å². The first-order chi connectivity index (χ1) is 9.65. The SMILES string of the molecule is COCCNCC(O)CN(C)Cc1cccc(C#N)c1. The fourth-order valence-electron chi connectivity index (χ4n) is 1.98. The third kappa shape index (κ3) is 6.64. The first-order valence-electron chi connectivity index (χ1n) is 6.71. The zero-order valence-electron chi connectivity index (χ0n) is 12.2. The van der Waals surface area contributed by atoms with Gasteiger partial charge in [-0.1, -0.05) is 12.1 Å². The highest BCUT2D eigenvalue weighted by molar-refractivity contribution is 5.32. The summed E-state index contributed by atoms with van der Waals surface area (Å²) in [6.07, 6.45) is -0.420. The Labute approximate surface area is 120 Å². The molecule has 1 rings (SSSR count). The molecule has 2 N–H and O–H groups in total. The van der Waals surface area contributed by atoms with E-state index in [0.717, 1.165) is 12.1 Å². The van der Waals surface area contributed by atoms with Crippen molar-refractivity contribution in [1.82, 2.24) is 10.2 Å². The number of likely N-dealkylation sites (N-methyl/N-ethyl adjacent to an activating group) is 1. The van der Waals surface area contributed by atoms with Gasteiger partial charge in [0.1, 0.15) is 0 Å². The molecule has 110 valence electrons. The van der Waals surface area contributed by atoms with Crippen LogP contribution in [0.1, 0.15) is 11.1 Å². The van der Waals surface area contributed by atoms with Gasteiger partial charge in [-0.05, 0) is 24.7 Å². The zero-order chi connectivity index (χ0) is 14.8. The lowest BCUT2D eigenvalue weighted by Crippen LogP contribution is -2.37. The maximum atomic E-state index is 9.90. The van der Waals surface area contributed by atoms with Crippen molar-refractivity contribution in [3.63, 3.8) is 0 Å². The second kappa shape index (κ2) is 9.45. The highest BCUT2D eigenvalue weighted by atomic mass is 16.5. The number of nitrogens with one attached hydrogen (secondary N) is 1. The molecule has 0 fully saturated rings. The highest BCUT2D eigenvalue weighted by Gasteiger charge is 2.08. The second-order valence-electron chi connectivity index (χ2n) is 4.86. The Morgan fingerprint density at radius 3 is 3.00 bits per heavy atom. The number of hydrogen-bond donors (Lipinski definition) is 2. The third-order valence-corrected chi connectivity index (χ3v) is 2.89. The van der Waals surface area contributed by atoms with Crippen molar-refractivity contribution in [2.45, 2.75) is 12.6 Å². The number of rotatable bonds is 9. The molecule has 0 saturated heterocycles. The molecular weight excluding hydrogens is 254 g/mol. The van der Waals surface area contributed by atoms with Crippen molar-refractivity contribution in [3.05, 3.63) is 35.4 Å². The second-order valence-corrected chi connectivity index (χ2v) is 4.86. The minimum atomic E-state index is -0.420. The fraction of sp³-hybridized carbons (Fsp3) is 0.533. The molecule has 0 radical (unpaired) electrons. The number of aliphatic hydroxyl groups excluding tert-OH is 1. The number of ether oxygens (including phenoxy) is 1. The minimum Gasteiger partial charge on any atom is -0.390 e. The molecule has 0 spiro atoms. The van der Waals surface area contributed by atoms with Crippen LogP contribution in [0.15, 0.2) is 24.3 Å².